The Kier molecular flexibility index (Phi) is 4.69. The minimum absolute atomic E-state index is 0.164. The Morgan fingerprint density at radius 3 is 2.29 bits per heavy atom. The highest BCUT2D eigenvalue weighted by Crippen LogP contribution is 2.29. The molecule has 128 valence electrons. The van der Waals surface area contributed by atoms with Crippen LogP contribution in [0, 0.1) is 0 Å². The van der Waals surface area contributed by atoms with E-state index in [2.05, 4.69) is 74.0 Å². The van der Waals surface area contributed by atoms with Crippen molar-refractivity contribution in [3.8, 4) is 10.6 Å². The van der Waals surface area contributed by atoms with E-state index >= 15 is 0 Å². The predicted molar refractivity (Wildman–Crippen MR) is 99.4 cm³/mol. The molecule has 0 atom stereocenters. The van der Waals surface area contributed by atoms with Crippen LogP contribution in [-0.4, -0.2) is 37.8 Å². The van der Waals surface area contributed by atoms with Crippen molar-refractivity contribution in [1.82, 2.24) is 24.7 Å². The van der Waals surface area contributed by atoms with E-state index in [1.807, 2.05) is 4.52 Å². The average Bonchev–Trinajstić information content (AvgIpc) is 3.13. The first-order valence-corrected chi connectivity index (χ1v) is 9.28. The summed E-state index contributed by atoms with van der Waals surface area (Å²) in [5.74, 6) is 0.905. The van der Waals surface area contributed by atoms with Crippen LogP contribution in [0.25, 0.3) is 15.5 Å². The zero-order chi connectivity index (χ0) is 17.3. The van der Waals surface area contributed by atoms with E-state index in [1.165, 1.54) is 5.56 Å². The summed E-state index contributed by atoms with van der Waals surface area (Å²) < 4.78 is 1.88. The number of hydrogen-bond donors (Lipinski definition) is 0. The third-order valence-electron chi connectivity index (χ3n) is 4.31. The molecule has 0 saturated carbocycles. The second-order valence-electron chi connectivity index (χ2n) is 7.01. The van der Waals surface area contributed by atoms with Gasteiger partial charge in [-0.3, -0.25) is 4.90 Å². The van der Waals surface area contributed by atoms with E-state index < -0.39 is 0 Å². The topological polar surface area (TPSA) is 46.3 Å². The number of hydrogen-bond acceptors (Lipinski definition) is 5. The van der Waals surface area contributed by atoms with Crippen LogP contribution in [0.4, 0.5) is 0 Å². The molecule has 3 rings (SSSR count). The fourth-order valence-electron chi connectivity index (χ4n) is 2.63. The number of benzene rings is 1. The second kappa shape index (κ2) is 6.61. The molecule has 2 heterocycles. The number of fused-ring (bicyclic) bond motifs is 1. The van der Waals surface area contributed by atoms with Crippen molar-refractivity contribution in [1.29, 1.82) is 0 Å². The first kappa shape index (κ1) is 17.0. The van der Waals surface area contributed by atoms with Crippen LogP contribution in [0.3, 0.4) is 0 Å². The third-order valence-corrected chi connectivity index (χ3v) is 5.26. The Morgan fingerprint density at radius 2 is 1.71 bits per heavy atom. The average molecular weight is 344 g/mol. The quantitative estimate of drug-likeness (QED) is 0.703. The first-order valence-electron chi connectivity index (χ1n) is 8.46. The Hall–Kier alpha value is -1.79. The minimum atomic E-state index is 0.164. The highest BCUT2D eigenvalue weighted by Gasteiger charge is 2.16. The molecule has 24 heavy (non-hydrogen) atoms. The van der Waals surface area contributed by atoms with Crippen LogP contribution >= 0.6 is 11.3 Å². The molecule has 0 fully saturated rings. The summed E-state index contributed by atoms with van der Waals surface area (Å²) in [6.45, 7) is 13.8. The summed E-state index contributed by atoms with van der Waals surface area (Å²) >= 11 is 1.59. The molecule has 0 aliphatic heterocycles. The first-order chi connectivity index (χ1) is 11.4. The maximum Gasteiger partial charge on any atom is 0.235 e. The van der Waals surface area contributed by atoms with E-state index in [9.17, 15) is 0 Å². The molecule has 0 N–H and O–H groups in total. The van der Waals surface area contributed by atoms with Gasteiger partial charge in [0.05, 0.1) is 6.54 Å². The van der Waals surface area contributed by atoms with Crippen molar-refractivity contribution in [2.45, 2.75) is 46.6 Å². The fraction of sp³-hybridized carbons (Fsp3) is 0.500. The van der Waals surface area contributed by atoms with Gasteiger partial charge in [-0.05, 0) is 24.1 Å². The Morgan fingerprint density at radius 1 is 1.04 bits per heavy atom. The van der Waals surface area contributed by atoms with Crippen LogP contribution < -0.4 is 0 Å². The summed E-state index contributed by atoms with van der Waals surface area (Å²) in [7, 11) is 0. The molecule has 0 aliphatic carbocycles. The van der Waals surface area contributed by atoms with Crippen LogP contribution in [-0.2, 0) is 12.0 Å². The molecule has 0 unspecified atom stereocenters. The number of nitrogens with zero attached hydrogens (tertiary/aromatic N) is 5. The SMILES string of the molecule is CCN(CC)Cc1nnc2sc(-c3ccc(C(C)(C)C)cc3)nn12. The van der Waals surface area contributed by atoms with Gasteiger partial charge in [0.2, 0.25) is 4.96 Å². The summed E-state index contributed by atoms with van der Waals surface area (Å²) in [6.07, 6.45) is 0. The molecule has 0 spiro atoms. The molecule has 0 amide bonds. The van der Waals surface area contributed by atoms with Crippen molar-refractivity contribution in [3.63, 3.8) is 0 Å². The lowest BCUT2D eigenvalue weighted by Gasteiger charge is -2.18. The van der Waals surface area contributed by atoms with E-state index in [1.54, 1.807) is 11.3 Å². The Labute approximate surface area is 147 Å². The smallest absolute Gasteiger partial charge is 0.235 e. The zero-order valence-electron chi connectivity index (χ0n) is 15.1. The van der Waals surface area contributed by atoms with Crippen molar-refractivity contribution in [3.05, 3.63) is 35.7 Å². The molecular formula is C18H25N5S. The van der Waals surface area contributed by atoms with Crippen molar-refractivity contribution in [2.24, 2.45) is 0 Å². The van der Waals surface area contributed by atoms with Crippen LogP contribution in [0.15, 0.2) is 24.3 Å². The largest absolute Gasteiger partial charge is 0.296 e. The minimum Gasteiger partial charge on any atom is -0.296 e. The van der Waals surface area contributed by atoms with Crippen molar-refractivity contribution >= 4 is 16.3 Å². The maximum atomic E-state index is 4.74. The zero-order valence-corrected chi connectivity index (χ0v) is 15.9. The summed E-state index contributed by atoms with van der Waals surface area (Å²) in [5.41, 5.74) is 2.63. The summed E-state index contributed by atoms with van der Waals surface area (Å²) in [6, 6.07) is 8.68. The van der Waals surface area contributed by atoms with Gasteiger partial charge >= 0.3 is 0 Å². The molecule has 0 radical (unpaired) electrons. The van der Waals surface area contributed by atoms with Crippen LogP contribution in [0.1, 0.15) is 46.0 Å². The van der Waals surface area contributed by atoms with Crippen LogP contribution in [0.2, 0.25) is 0 Å². The lowest BCUT2D eigenvalue weighted by atomic mass is 9.87. The van der Waals surface area contributed by atoms with Gasteiger partial charge in [0.1, 0.15) is 5.01 Å². The predicted octanol–water partition coefficient (Wildman–Crippen LogP) is 3.99. The lowest BCUT2D eigenvalue weighted by Crippen LogP contribution is -2.23. The van der Waals surface area contributed by atoms with Gasteiger partial charge in [-0.25, -0.2) is 0 Å². The van der Waals surface area contributed by atoms with E-state index in [0.717, 1.165) is 41.0 Å². The molecule has 2 aromatic heterocycles. The molecule has 6 heteroatoms. The standard InChI is InChI=1S/C18H25N5S/c1-6-22(7-2)12-15-19-20-17-23(15)21-16(24-17)13-8-10-14(11-9-13)18(3,4)5/h8-11H,6-7,12H2,1-5H3. The van der Waals surface area contributed by atoms with Gasteiger partial charge in [0.15, 0.2) is 5.82 Å². The van der Waals surface area contributed by atoms with E-state index in [0.29, 0.717) is 0 Å². The summed E-state index contributed by atoms with van der Waals surface area (Å²) in [4.78, 5) is 3.17. The monoisotopic (exact) mass is 343 g/mol. The van der Waals surface area contributed by atoms with Gasteiger partial charge in [0, 0.05) is 5.56 Å². The molecule has 0 bridgehead atoms. The normalized spacial score (nSPS) is 12.4. The molecule has 0 saturated heterocycles. The highest BCUT2D eigenvalue weighted by atomic mass is 32.1. The van der Waals surface area contributed by atoms with Crippen LogP contribution in [0.5, 0.6) is 0 Å². The van der Waals surface area contributed by atoms with Crippen molar-refractivity contribution in [2.75, 3.05) is 13.1 Å². The number of rotatable bonds is 5. The van der Waals surface area contributed by atoms with E-state index in [4.69, 9.17) is 5.10 Å². The third kappa shape index (κ3) is 3.35. The maximum absolute atomic E-state index is 4.74. The van der Waals surface area contributed by atoms with Gasteiger partial charge in [-0.1, -0.05) is 70.2 Å². The molecule has 3 aromatic rings. The number of aromatic nitrogens is 4. The van der Waals surface area contributed by atoms with Gasteiger partial charge in [-0.15, -0.1) is 10.2 Å². The summed E-state index contributed by atoms with van der Waals surface area (Å²) in [5, 5.41) is 14.3. The molecule has 1 aromatic carbocycles. The van der Waals surface area contributed by atoms with Gasteiger partial charge < -0.3 is 0 Å². The highest BCUT2D eigenvalue weighted by molar-refractivity contribution is 7.19. The van der Waals surface area contributed by atoms with Gasteiger partial charge in [-0.2, -0.15) is 9.61 Å². The second-order valence-corrected chi connectivity index (χ2v) is 7.96. The molecule has 0 aliphatic rings. The van der Waals surface area contributed by atoms with E-state index in [-0.39, 0.29) is 5.41 Å². The van der Waals surface area contributed by atoms with Crippen molar-refractivity contribution < 1.29 is 0 Å². The van der Waals surface area contributed by atoms with Gasteiger partial charge in [0.25, 0.3) is 0 Å². The molecular weight excluding hydrogens is 318 g/mol. The Balaban J connectivity index is 1.90. The molecule has 5 nitrogen and oxygen atoms in total. The fourth-order valence-corrected chi connectivity index (χ4v) is 3.50. The Bertz CT molecular complexity index is 806. The lowest BCUT2D eigenvalue weighted by molar-refractivity contribution is 0.286.